The number of halogens is 1. The van der Waals surface area contributed by atoms with E-state index in [2.05, 4.69) is 35.8 Å². The zero-order valence-electron chi connectivity index (χ0n) is 12.0. The number of hydrogen-bond donors (Lipinski definition) is 2. The van der Waals surface area contributed by atoms with Crippen LogP contribution in [-0.4, -0.2) is 13.0 Å². The van der Waals surface area contributed by atoms with Crippen molar-refractivity contribution in [3.05, 3.63) is 63.7 Å². The van der Waals surface area contributed by atoms with Gasteiger partial charge in [0.2, 0.25) is 5.91 Å². The second kappa shape index (κ2) is 5.51. The Hall–Kier alpha value is -1.84. The first-order chi connectivity index (χ1) is 10.1. The highest BCUT2D eigenvalue weighted by molar-refractivity contribution is 6.32. The number of fused-ring (bicyclic) bond motifs is 1. The molecule has 0 fully saturated rings. The summed E-state index contributed by atoms with van der Waals surface area (Å²) < 4.78 is 0. The van der Waals surface area contributed by atoms with Crippen molar-refractivity contribution in [3.63, 3.8) is 0 Å². The van der Waals surface area contributed by atoms with E-state index in [1.807, 2.05) is 25.2 Å². The van der Waals surface area contributed by atoms with Gasteiger partial charge in [-0.2, -0.15) is 0 Å². The molecule has 3 nitrogen and oxygen atoms in total. The maximum atomic E-state index is 11.5. The molecule has 108 valence electrons. The van der Waals surface area contributed by atoms with E-state index in [0.29, 0.717) is 11.4 Å². The van der Waals surface area contributed by atoms with E-state index >= 15 is 0 Å². The number of benzene rings is 2. The minimum Gasteiger partial charge on any atom is -0.325 e. The Labute approximate surface area is 129 Å². The van der Waals surface area contributed by atoms with Crippen molar-refractivity contribution in [2.75, 3.05) is 12.4 Å². The van der Waals surface area contributed by atoms with Crippen LogP contribution in [0.15, 0.2) is 36.4 Å². The van der Waals surface area contributed by atoms with Gasteiger partial charge in [0.25, 0.3) is 0 Å². The zero-order chi connectivity index (χ0) is 15.0. The van der Waals surface area contributed by atoms with Crippen LogP contribution in [-0.2, 0) is 11.2 Å². The first kappa shape index (κ1) is 14.1. The summed E-state index contributed by atoms with van der Waals surface area (Å²) in [5, 5.41) is 6.81. The zero-order valence-corrected chi connectivity index (χ0v) is 12.8. The first-order valence-electron chi connectivity index (χ1n) is 6.94. The minimum absolute atomic E-state index is 0.0124. The van der Waals surface area contributed by atoms with Gasteiger partial charge in [0.05, 0.1) is 12.5 Å². The lowest BCUT2D eigenvalue weighted by atomic mass is 9.95. The fraction of sp³-hybridized carbons (Fsp3) is 0.235. The molecule has 0 spiro atoms. The van der Waals surface area contributed by atoms with Crippen LogP contribution in [0.3, 0.4) is 0 Å². The summed E-state index contributed by atoms with van der Waals surface area (Å²) in [6, 6.07) is 12.2. The summed E-state index contributed by atoms with van der Waals surface area (Å²) >= 11 is 6.43. The summed E-state index contributed by atoms with van der Waals surface area (Å²) in [7, 11) is 1.92. The smallest absolute Gasteiger partial charge is 0.228 e. The van der Waals surface area contributed by atoms with Gasteiger partial charge >= 0.3 is 0 Å². The number of amides is 1. The molecule has 1 amide bonds. The Morgan fingerprint density at radius 2 is 2.10 bits per heavy atom. The Balaban J connectivity index is 2.06. The summed E-state index contributed by atoms with van der Waals surface area (Å²) in [4.78, 5) is 11.5. The first-order valence-corrected chi connectivity index (χ1v) is 7.32. The van der Waals surface area contributed by atoms with E-state index in [-0.39, 0.29) is 11.9 Å². The number of hydrogen-bond acceptors (Lipinski definition) is 2. The van der Waals surface area contributed by atoms with Crippen molar-refractivity contribution in [2.24, 2.45) is 0 Å². The molecule has 0 bridgehead atoms. The van der Waals surface area contributed by atoms with Gasteiger partial charge < -0.3 is 10.6 Å². The third-order valence-electron chi connectivity index (χ3n) is 3.82. The van der Waals surface area contributed by atoms with Gasteiger partial charge in [0.15, 0.2) is 0 Å². The predicted octanol–water partition coefficient (Wildman–Crippen LogP) is 3.45. The van der Waals surface area contributed by atoms with E-state index < -0.39 is 0 Å². The fourth-order valence-electron chi connectivity index (χ4n) is 2.84. The van der Waals surface area contributed by atoms with Crippen molar-refractivity contribution in [1.82, 2.24) is 5.32 Å². The minimum atomic E-state index is 0.0124. The molecule has 2 N–H and O–H groups in total. The second-order valence-corrected chi connectivity index (χ2v) is 5.80. The van der Waals surface area contributed by atoms with Gasteiger partial charge in [-0.3, -0.25) is 4.79 Å². The molecule has 2 aromatic rings. The predicted molar refractivity (Wildman–Crippen MR) is 85.9 cm³/mol. The molecule has 0 saturated carbocycles. The summed E-state index contributed by atoms with van der Waals surface area (Å²) in [6.45, 7) is 2.07. The molecule has 1 heterocycles. The van der Waals surface area contributed by atoms with Crippen LogP contribution in [0.4, 0.5) is 5.69 Å². The third kappa shape index (κ3) is 2.67. The average Bonchev–Trinajstić information content (AvgIpc) is 2.79. The summed E-state index contributed by atoms with van der Waals surface area (Å²) in [5.74, 6) is 0.0229. The van der Waals surface area contributed by atoms with Crippen molar-refractivity contribution in [1.29, 1.82) is 0 Å². The molecule has 1 atom stereocenters. The average molecular weight is 301 g/mol. The quantitative estimate of drug-likeness (QED) is 0.911. The number of carbonyl (C=O) groups is 1. The number of rotatable bonds is 3. The van der Waals surface area contributed by atoms with Crippen LogP contribution in [0.25, 0.3) is 0 Å². The molecule has 0 aliphatic carbocycles. The summed E-state index contributed by atoms with van der Waals surface area (Å²) in [6.07, 6.45) is 0.420. The SMILES string of the molecule is CNC(c1cccc(C)c1)c1cc2c(cc1Cl)NC(=O)C2. The lowest BCUT2D eigenvalue weighted by Crippen LogP contribution is -2.18. The standard InChI is InChI=1S/C17H17ClN2O/c1-10-4-3-5-11(6-10)17(19-2)13-7-12-8-16(21)20-15(12)9-14(13)18/h3-7,9,17,19H,8H2,1-2H3,(H,20,21). The van der Waals surface area contributed by atoms with Crippen molar-refractivity contribution in [2.45, 2.75) is 19.4 Å². The molecule has 0 saturated heterocycles. The van der Waals surface area contributed by atoms with Crippen LogP contribution in [0.1, 0.15) is 28.3 Å². The van der Waals surface area contributed by atoms with Crippen LogP contribution in [0.2, 0.25) is 5.02 Å². The van der Waals surface area contributed by atoms with Gasteiger partial charge in [-0.1, -0.05) is 41.4 Å². The number of anilines is 1. The maximum absolute atomic E-state index is 11.5. The van der Waals surface area contributed by atoms with E-state index in [9.17, 15) is 4.79 Å². The van der Waals surface area contributed by atoms with Gasteiger partial charge in [0, 0.05) is 10.7 Å². The molecule has 0 aromatic heterocycles. The normalized spacial score (nSPS) is 14.7. The molecule has 3 rings (SSSR count). The fourth-order valence-corrected chi connectivity index (χ4v) is 3.11. The molecule has 4 heteroatoms. The highest BCUT2D eigenvalue weighted by Crippen LogP contribution is 2.35. The van der Waals surface area contributed by atoms with Crippen molar-refractivity contribution >= 4 is 23.2 Å². The van der Waals surface area contributed by atoms with Gasteiger partial charge in [0.1, 0.15) is 0 Å². The largest absolute Gasteiger partial charge is 0.325 e. The molecule has 1 aliphatic heterocycles. The highest BCUT2D eigenvalue weighted by atomic mass is 35.5. The molecule has 1 unspecified atom stereocenters. The highest BCUT2D eigenvalue weighted by Gasteiger charge is 2.23. The lowest BCUT2D eigenvalue weighted by molar-refractivity contribution is -0.115. The van der Waals surface area contributed by atoms with E-state index in [0.717, 1.165) is 22.4 Å². The number of aryl methyl sites for hydroxylation is 1. The molecule has 1 aliphatic rings. The van der Waals surface area contributed by atoms with Gasteiger partial charge in [-0.15, -0.1) is 0 Å². The molecule has 21 heavy (non-hydrogen) atoms. The molecular formula is C17H17ClN2O. The maximum Gasteiger partial charge on any atom is 0.228 e. The van der Waals surface area contributed by atoms with E-state index in [1.165, 1.54) is 5.56 Å². The Bertz CT molecular complexity index is 712. The topological polar surface area (TPSA) is 41.1 Å². The molecule has 2 aromatic carbocycles. The number of nitrogens with one attached hydrogen (secondary N) is 2. The van der Waals surface area contributed by atoms with E-state index in [1.54, 1.807) is 0 Å². The van der Waals surface area contributed by atoms with Crippen molar-refractivity contribution in [3.8, 4) is 0 Å². The van der Waals surface area contributed by atoms with E-state index in [4.69, 9.17) is 11.6 Å². The van der Waals surface area contributed by atoms with Gasteiger partial charge in [-0.25, -0.2) is 0 Å². The molecular weight excluding hydrogens is 284 g/mol. The Morgan fingerprint density at radius 3 is 2.81 bits per heavy atom. The number of carbonyl (C=O) groups excluding carboxylic acids is 1. The van der Waals surface area contributed by atoms with Gasteiger partial charge in [-0.05, 0) is 42.8 Å². The Kier molecular flexibility index (Phi) is 3.70. The monoisotopic (exact) mass is 300 g/mol. The lowest BCUT2D eigenvalue weighted by Gasteiger charge is -2.20. The van der Waals surface area contributed by atoms with Crippen LogP contribution >= 0.6 is 11.6 Å². The summed E-state index contributed by atoms with van der Waals surface area (Å²) in [5.41, 5.74) is 5.21. The van der Waals surface area contributed by atoms with Crippen LogP contribution < -0.4 is 10.6 Å². The Morgan fingerprint density at radius 1 is 1.29 bits per heavy atom. The molecule has 0 radical (unpaired) electrons. The van der Waals surface area contributed by atoms with Crippen LogP contribution in [0, 0.1) is 6.92 Å². The van der Waals surface area contributed by atoms with Crippen molar-refractivity contribution < 1.29 is 4.79 Å². The second-order valence-electron chi connectivity index (χ2n) is 5.39. The third-order valence-corrected chi connectivity index (χ3v) is 4.15. The van der Waals surface area contributed by atoms with Crippen LogP contribution in [0.5, 0.6) is 0 Å².